The van der Waals surface area contributed by atoms with Crippen molar-refractivity contribution in [2.45, 2.75) is 103 Å². The van der Waals surface area contributed by atoms with E-state index < -0.39 is 11.6 Å². The number of benzene rings is 2. The van der Waals surface area contributed by atoms with Crippen LogP contribution in [0.25, 0.3) is 0 Å². The second-order valence-corrected chi connectivity index (χ2v) is 10.8. The number of ether oxygens (including phenoxy) is 1. The summed E-state index contributed by atoms with van der Waals surface area (Å²) in [5.41, 5.74) is 1.87. The Morgan fingerprint density at radius 3 is 1.74 bits per heavy atom. The molecule has 2 aliphatic carbocycles. The molecule has 1 nitrogen and oxygen atoms in total. The molecule has 0 bridgehead atoms. The predicted molar refractivity (Wildman–Crippen MR) is 137 cm³/mol. The highest BCUT2D eigenvalue weighted by Crippen LogP contribution is 2.42. The molecule has 0 aliphatic heterocycles. The molecule has 2 saturated carbocycles. The van der Waals surface area contributed by atoms with Gasteiger partial charge < -0.3 is 4.74 Å². The second-order valence-electron chi connectivity index (χ2n) is 10.8. The average molecular weight is 487 g/mol. The first-order chi connectivity index (χ1) is 17.0. The van der Waals surface area contributed by atoms with Gasteiger partial charge >= 0.3 is 0 Å². The highest BCUT2D eigenvalue weighted by molar-refractivity contribution is 5.32. The van der Waals surface area contributed by atoms with Crippen molar-refractivity contribution < 1.29 is 17.9 Å². The molecule has 2 aliphatic rings. The summed E-state index contributed by atoms with van der Waals surface area (Å²) in [6, 6.07) is 8.86. The summed E-state index contributed by atoms with van der Waals surface area (Å²) in [6.07, 6.45) is 12.0. The number of halogens is 3. The lowest BCUT2D eigenvalue weighted by Crippen LogP contribution is -2.17. The molecule has 2 fully saturated rings. The third-order valence-corrected chi connectivity index (χ3v) is 8.57. The predicted octanol–water partition coefficient (Wildman–Crippen LogP) is 9.48. The molecule has 0 saturated heterocycles. The van der Waals surface area contributed by atoms with Gasteiger partial charge in [0.05, 0.1) is 6.61 Å². The van der Waals surface area contributed by atoms with Crippen LogP contribution < -0.4 is 4.74 Å². The van der Waals surface area contributed by atoms with Gasteiger partial charge in [-0.1, -0.05) is 38.0 Å². The van der Waals surface area contributed by atoms with Crippen molar-refractivity contribution >= 4 is 0 Å². The van der Waals surface area contributed by atoms with Gasteiger partial charge in [0.1, 0.15) is 11.6 Å². The molecule has 0 aromatic heterocycles. The Kier molecular flexibility index (Phi) is 9.19. The van der Waals surface area contributed by atoms with Gasteiger partial charge in [0.25, 0.3) is 0 Å². The van der Waals surface area contributed by atoms with Crippen molar-refractivity contribution in [2.24, 2.45) is 11.8 Å². The molecular weight excluding hydrogens is 445 g/mol. The molecule has 4 heteroatoms. The Labute approximate surface area is 209 Å². The summed E-state index contributed by atoms with van der Waals surface area (Å²) >= 11 is 0. The fourth-order valence-corrected chi connectivity index (χ4v) is 6.49. The maximum atomic E-state index is 15.2. The summed E-state index contributed by atoms with van der Waals surface area (Å²) in [4.78, 5) is 0. The van der Waals surface area contributed by atoms with Crippen LogP contribution in [0.2, 0.25) is 0 Å². The molecule has 0 amide bonds. The van der Waals surface area contributed by atoms with Crippen LogP contribution in [0, 0.1) is 29.3 Å². The first-order valence-electron chi connectivity index (χ1n) is 13.9. The Morgan fingerprint density at radius 2 is 1.26 bits per heavy atom. The zero-order valence-electron chi connectivity index (χ0n) is 21.4. The number of aryl methyl sites for hydroxylation is 1. The van der Waals surface area contributed by atoms with Gasteiger partial charge in [-0.2, -0.15) is 0 Å². The standard InChI is InChI=1S/C31H41F3O/c1-3-5-21-6-11-23(12-7-21)27-18-19-28(31(34)30(27)33)24-13-8-22(9-14-24)10-15-25-16-17-26(35-4-2)20-29(25)32/h16-24H,3-15H2,1-2H3. The lowest BCUT2D eigenvalue weighted by molar-refractivity contribution is 0.297. The molecule has 0 heterocycles. The fourth-order valence-electron chi connectivity index (χ4n) is 6.49. The Balaban J connectivity index is 1.30. The van der Waals surface area contributed by atoms with E-state index in [0.29, 0.717) is 35.8 Å². The highest BCUT2D eigenvalue weighted by atomic mass is 19.2. The first kappa shape index (κ1) is 26.1. The van der Waals surface area contributed by atoms with Crippen LogP contribution in [-0.4, -0.2) is 6.61 Å². The Hall–Kier alpha value is -1.97. The molecule has 35 heavy (non-hydrogen) atoms. The zero-order chi connectivity index (χ0) is 24.8. The molecule has 0 spiro atoms. The highest BCUT2D eigenvalue weighted by Gasteiger charge is 2.29. The van der Waals surface area contributed by atoms with E-state index in [1.54, 1.807) is 0 Å². The van der Waals surface area contributed by atoms with Gasteiger partial charge in [-0.3, -0.25) is 0 Å². The van der Waals surface area contributed by atoms with Crippen LogP contribution >= 0.6 is 0 Å². The molecule has 0 N–H and O–H groups in total. The summed E-state index contributed by atoms with van der Waals surface area (Å²) in [5, 5.41) is 0. The summed E-state index contributed by atoms with van der Waals surface area (Å²) in [6.45, 7) is 4.63. The van der Waals surface area contributed by atoms with E-state index >= 15 is 8.78 Å². The lowest BCUT2D eigenvalue weighted by atomic mass is 9.75. The minimum atomic E-state index is -0.613. The van der Waals surface area contributed by atoms with Gasteiger partial charge in [-0.05, 0) is 118 Å². The zero-order valence-corrected chi connectivity index (χ0v) is 21.4. The van der Waals surface area contributed by atoms with Crippen LogP contribution in [-0.2, 0) is 6.42 Å². The topological polar surface area (TPSA) is 9.23 Å². The van der Waals surface area contributed by atoms with Gasteiger partial charge in [0.2, 0.25) is 0 Å². The van der Waals surface area contributed by atoms with Crippen molar-refractivity contribution in [3.8, 4) is 5.75 Å². The minimum Gasteiger partial charge on any atom is -0.494 e. The van der Waals surface area contributed by atoms with E-state index in [4.69, 9.17) is 4.74 Å². The number of hydrogen-bond donors (Lipinski definition) is 0. The third-order valence-electron chi connectivity index (χ3n) is 8.57. The second kappa shape index (κ2) is 12.3. The van der Waals surface area contributed by atoms with Crippen molar-refractivity contribution in [1.29, 1.82) is 0 Å². The first-order valence-corrected chi connectivity index (χ1v) is 13.9. The maximum absolute atomic E-state index is 15.2. The van der Waals surface area contributed by atoms with Crippen LogP contribution in [0.3, 0.4) is 0 Å². The number of hydrogen-bond acceptors (Lipinski definition) is 1. The molecule has 2 aromatic rings. The largest absolute Gasteiger partial charge is 0.494 e. The van der Waals surface area contributed by atoms with Crippen molar-refractivity contribution in [2.75, 3.05) is 6.61 Å². The molecule has 0 atom stereocenters. The van der Waals surface area contributed by atoms with Gasteiger partial charge in [0.15, 0.2) is 11.6 Å². The van der Waals surface area contributed by atoms with Crippen LogP contribution in [0.4, 0.5) is 13.2 Å². The maximum Gasteiger partial charge on any atom is 0.162 e. The average Bonchev–Trinajstić information content (AvgIpc) is 2.87. The Morgan fingerprint density at radius 1 is 0.714 bits per heavy atom. The summed E-state index contributed by atoms with van der Waals surface area (Å²) in [5.74, 6) is 0.641. The van der Waals surface area contributed by atoms with E-state index in [-0.39, 0.29) is 17.7 Å². The molecule has 192 valence electrons. The van der Waals surface area contributed by atoms with Crippen LogP contribution in [0.1, 0.15) is 113 Å². The molecule has 0 unspecified atom stereocenters. The third kappa shape index (κ3) is 6.43. The van der Waals surface area contributed by atoms with Crippen molar-refractivity contribution in [3.05, 3.63) is 64.5 Å². The quantitative estimate of drug-likeness (QED) is 0.343. The van der Waals surface area contributed by atoms with E-state index in [9.17, 15) is 4.39 Å². The minimum absolute atomic E-state index is 0.0808. The van der Waals surface area contributed by atoms with E-state index in [1.807, 2.05) is 31.2 Å². The fraction of sp³-hybridized carbons (Fsp3) is 0.613. The SMILES string of the molecule is CCCC1CCC(c2ccc(C3CCC(CCc4ccc(OCC)cc4F)CC3)c(F)c2F)CC1. The summed E-state index contributed by atoms with van der Waals surface area (Å²) in [7, 11) is 0. The Bertz CT molecular complexity index is 956. The van der Waals surface area contributed by atoms with Crippen LogP contribution in [0.15, 0.2) is 30.3 Å². The normalized spacial score (nSPS) is 24.9. The van der Waals surface area contributed by atoms with Crippen molar-refractivity contribution in [1.82, 2.24) is 0 Å². The molecule has 0 radical (unpaired) electrons. The van der Waals surface area contributed by atoms with Crippen LogP contribution in [0.5, 0.6) is 5.75 Å². The van der Waals surface area contributed by atoms with E-state index in [2.05, 4.69) is 6.92 Å². The van der Waals surface area contributed by atoms with E-state index in [0.717, 1.165) is 69.3 Å². The lowest BCUT2D eigenvalue weighted by Gasteiger charge is -2.31. The number of rotatable bonds is 9. The summed E-state index contributed by atoms with van der Waals surface area (Å²) < 4.78 is 50.0. The molecule has 2 aromatic carbocycles. The molecular formula is C31H41F3O. The monoisotopic (exact) mass is 486 g/mol. The van der Waals surface area contributed by atoms with E-state index in [1.165, 1.54) is 18.9 Å². The van der Waals surface area contributed by atoms with Gasteiger partial charge in [-0.15, -0.1) is 0 Å². The van der Waals surface area contributed by atoms with Gasteiger partial charge in [-0.25, -0.2) is 13.2 Å². The molecule has 4 rings (SSSR count). The van der Waals surface area contributed by atoms with Gasteiger partial charge in [0, 0.05) is 6.07 Å². The smallest absolute Gasteiger partial charge is 0.162 e. The van der Waals surface area contributed by atoms with Crippen molar-refractivity contribution in [3.63, 3.8) is 0 Å².